The molecule has 2 saturated heterocycles. The van der Waals surface area contributed by atoms with Gasteiger partial charge < -0.3 is 40.0 Å². The van der Waals surface area contributed by atoms with Crippen LogP contribution in [0.3, 0.4) is 0 Å². The molecule has 2 aliphatic rings. The molecule has 0 radical (unpaired) electrons. The zero-order valence-electron chi connectivity index (χ0n) is 29.4. The monoisotopic (exact) mass is 733 g/mol. The third-order valence-electron chi connectivity index (χ3n) is 9.94. The van der Waals surface area contributed by atoms with Gasteiger partial charge in [0.25, 0.3) is 0 Å². The summed E-state index contributed by atoms with van der Waals surface area (Å²) in [5, 5.41) is 27.4. The fourth-order valence-electron chi connectivity index (χ4n) is 6.86. The van der Waals surface area contributed by atoms with Gasteiger partial charge in [0.05, 0.1) is 24.4 Å². The summed E-state index contributed by atoms with van der Waals surface area (Å²) in [6.45, 7) is 2.51. The normalized spacial score (nSPS) is 20.0. The molecule has 274 valence electrons. The molecule has 0 aromatic heterocycles. The summed E-state index contributed by atoms with van der Waals surface area (Å²) in [7, 11) is 0. The molecule has 3 atom stereocenters. The Bertz CT molecular complexity index is 1920. The zero-order chi connectivity index (χ0) is 36.6. The third kappa shape index (κ3) is 9.63. The minimum atomic E-state index is -0.877. The molecule has 5 aromatic carbocycles. The Morgan fingerprint density at radius 3 is 2.11 bits per heavy atom. The number of para-hydroxylation sites is 1. The molecule has 2 amide bonds. The van der Waals surface area contributed by atoms with Crippen molar-refractivity contribution in [2.24, 2.45) is 0 Å². The van der Waals surface area contributed by atoms with E-state index in [1.54, 1.807) is 12.1 Å². The predicted octanol–water partition coefficient (Wildman–Crippen LogP) is 8.48. The number of anilines is 1. The second-order valence-corrected chi connectivity index (χ2v) is 14.1. The maximum atomic E-state index is 12.7. The molecule has 9 nitrogen and oxygen atoms in total. The maximum Gasteiger partial charge on any atom is 0.319 e. The molecule has 53 heavy (non-hydrogen) atoms. The standard InChI is InChI=1S/C43H44ClN3O6/c44-35-16-14-34(15-17-35)43(50)22-24-47(25-23-43)28-39-26-40(32-10-8-31(29-48)9-11-32)53-41(52-39)33-12-6-30(7-13-33)27-45-42(49)46-36-18-20-38(21-19-36)51-37-4-2-1-3-5-37/h1-21,39-41,48,50H,22-29H2,(H2,45,46,49)/t39-,40+,41+/m1/s1. The van der Waals surface area contributed by atoms with Crippen LogP contribution in [0.5, 0.6) is 11.5 Å². The molecule has 0 aliphatic carbocycles. The summed E-state index contributed by atoms with van der Waals surface area (Å²) < 4.78 is 19.0. The van der Waals surface area contributed by atoms with E-state index in [0.29, 0.717) is 48.8 Å². The van der Waals surface area contributed by atoms with E-state index in [1.165, 1.54) is 0 Å². The van der Waals surface area contributed by atoms with Crippen molar-refractivity contribution in [3.63, 3.8) is 0 Å². The molecular formula is C43H44ClN3O6. The molecule has 0 bridgehead atoms. The molecule has 4 N–H and O–H groups in total. The Morgan fingerprint density at radius 1 is 0.792 bits per heavy atom. The smallest absolute Gasteiger partial charge is 0.319 e. The van der Waals surface area contributed by atoms with Gasteiger partial charge in [-0.15, -0.1) is 0 Å². The Balaban J connectivity index is 0.952. The molecule has 0 saturated carbocycles. The zero-order valence-corrected chi connectivity index (χ0v) is 30.1. The van der Waals surface area contributed by atoms with E-state index in [9.17, 15) is 15.0 Å². The summed E-state index contributed by atoms with van der Waals surface area (Å²) in [5.41, 5.74) is 4.37. The minimum Gasteiger partial charge on any atom is -0.457 e. The second-order valence-electron chi connectivity index (χ2n) is 13.7. The lowest BCUT2D eigenvalue weighted by molar-refractivity contribution is -0.253. The topological polar surface area (TPSA) is 113 Å². The van der Waals surface area contributed by atoms with Gasteiger partial charge in [0.2, 0.25) is 0 Å². The first-order chi connectivity index (χ1) is 25.8. The molecular weight excluding hydrogens is 690 g/mol. The number of halogens is 1. The van der Waals surface area contributed by atoms with Gasteiger partial charge in [-0.1, -0.05) is 90.5 Å². The summed E-state index contributed by atoms with van der Waals surface area (Å²) in [6.07, 6.45) is 1.01. The van der Waals surface area contributed by atoms with Gasteiger partial charge in [-0.25, -0.2) is 4.79 Å². The number of urea groups is 1. The fraction of sp³-hybridized carbons (Fsp3) is 0.279. The SMILES string of the molecule is O=C(NCc1ccc([C@H]2O[C@@H](CN3CCC(O)(c4ccc(Cl)cc4)CC3)C[C@@H](c3ccc(CO)cc3)O2)cc1)Nc1ccc(Oc2ccccc2)cc1. The number of aliphatic hydroxyl groups is 2. The lowest BCUT2D eigenvalue weighted by Crippen LogP contribution is -2.46. The molecule has 2 heterocycles. The van der Waals surface area contributed by atoms with Crippen LogP contribution in [0.15, 0.2) is 127 Å². The molecule has 5 aromatic rings. The first-order valence-electron chi connectivity index (χ1n) is 18.0. The summed E-state index contributed by atoms with van der Waals surface area (Å²) >= 11 is 6.09. The van der Waals surface area contributed by atoms with E-state index in [0.717, 1.165) is 46.7 Å². The van der Waals surface area contributed by atoms with E-state index >= 15 is 0 Å². The van der Waals surface area contributed by atoms with E-state index in [-0.39, 0.29) is 24.8 Å². The van der Waals surface area contributed by atoms with Crippen molar-refractivity contribution >= 4 is 23.3 Å². The van der Waals surface area contributed by atoms with Crippen LogP contribution in [0.25, 0.3) is 0 Å². The van der Waals surface area contributed by atoms with Gasteiger partial charge in [-0.05, 0) is 83.6 Å². The molecule has 0 spiro atoms. The van der Waals surface area contributed by atoms with Crippen LogP contribution in [0.1, 0.15) is 59.5 Å². The average Bonchev–Trinajstić information content (AvgIpc) is 3.19. The van der Waals surface area contributed by atoms with Gasteiger partial charge in [0.15, 0.2) is 6.29 Å². The molecule has 10 heteroatoms. The number of nitrogens with zero attached hydrogens (tertiary/aromatic N) is 1. The Morgan fingerprint density at radius 2 is 1.43 bits per heavy atom. The highest BCUT2D eigenvalue weighted by molar-refractivity contribution is 6.30. The number of amides is 2. The van der Waals surface area contributed by atoms with E-state index in [1.807, 2.05) is 115 Å². The van der Waals surface area contributed by atoms with E-state index < -0.39 is 11.9 Å². The van der Waals surface area contributed by atoms with Gasteiger partial charge in [-0.3, -0.25) is 0 Å². The highest BCUT2D eigenvalue weighted by Crippen LogP contribution is 2.39. The van der Waals surface area contributed by atoms with E-state index in [2.05, 4.69) is 15.5 Å². The quantitative estimate of drug-likeness (QED) is 0.108. The number of hydrogen-bond acceptors (Lipinski definition) is 7. The van der Waals surface area contributed by atoms with Crippen LogP contribution in [-0.2, 0) is 28.2 Å². The van der Waals surface area contributed by atoms with Crippen molar-refractivity contribution in [1.82, 2.24) is 10.2 Å². The van der Waals surface area contributed by atoms with Crippen LogP contribution >= 0.6 is 11.6 Å². The number of aliphatic hydroxyl groups excluding tert-OH is 1. The molecule has 7 rings (SSSR count). The number of nitrogens with one attached hydrogen (secondary N) is 2. The largest absolute Gasteiger partial charge is 0.457 e. The van der Waals surface area contributed by atoms with Gasteiger partial charge in [-0.2, -0.15) is 0 Å². The first kappa shape index (κ1) is 36.6. The number of hydrogen-bond donors (Lipinski definition) is 4. The second kappa shape index (κ2) is 16.9. The highest BCUT2D eigenvalue weighted by Gasteiger charge is 2.37. The molecule has 2 aliphatic heterocycles. The number of rotatable bonds is 11. The third-order valence-corrected chi connectivity index (χ3v) is 10.2. The fourth-order valence-corrected chi connectivity index (χ4v) is 6.98. The molecule has 2 fully saturated rings. The lowest BCUT2D eigenvalue weighted by Gasteiger charge is -2.42. The number of ether oxygens (including phenoxy) is 3. The van der Waals surface area contributed by atoms with Crippen molar-refractivity contribution in [1.29, 1.82) is 0 Å². The van der Waals surface area contributed by atoms with Crippen molar-refractivity contribution in [3.8, 4) is 11.5 Å². The maximum absolute atomic E-state index is 12.7. The molecule has 0 unspecified atom stereocenters. The number of carbonyl (C=O) groups is 1. The minimum absolute atomic E-state index is 0.0158. The van der Waals surface area contributed by atoms with Gasteiger partial charge in [0, 0.05) is 48.9 Å². The highest BCUT2D eigenvalue weighted by atomic mass is 35.5. The summed E-state index contributed by atoms with van der Waals surface area (Å²) in [4.78, 5) is 15.0. The number of likely N-dealkylation sites (tertiary alicyclic amines) is 1. The van der Waals surface area contributed by atoms with Crippen LogP contribution < -0.4 is 15.4 Å². The lowest BCUT2D eigenvalue weighted by atomic mass is 9.84. The summed E-state index contributed by atoms with van der Waals surface area (Å²) in [5.74, 6) is 1.43. The van der Waals surface area contributed by atoms with Gasteiger partial charge in [0.1, 0.15) is 11.5 Å². The van der Waals surface area contributed by atoms with Crippen LogP contribution in [0.2, 0.25) is 5.02 Å². The Hall–Kier alpha value is -4.74. The number of piperidine rings is 1. The van der Waals surface area contributed by atoms with Crippen molar-refractivity contribution in [2.75, 3.05) is 25.0 Å². The van der Waals surface area contributed by atoms with Crippen molar-refractivity contribution in [3.05, 3.63) is 160 Å². The van der Waals surface area contributed by atoms with Crippen molar-refractivity contribution in [2.45, 2.75) is 56.5 Å². The number of carbonyl (C=O) groups excluding carboxylic acids is 1. The summed E-state index contributed by atoms with van der Waals surface area (Å²) in [6, 6.07) is 39.7. The predicted molar refractivity (Wildman–Crippen MR) is 205 cm³/mol. The van der Waals surface area contributed by atoms with Crippen LogP contribution in [0, 0.1) is 0 Å². The van der Waals surface area contributed by atoms with Crippen LogP contribution in [0.4, 0.5) is 10.5 Å². The number of benzene rings is 5. The van der Waals surface area contributed by atoms with Crippen LogP contribution in [-0.4, -0.2) is 46.9 Å². The Labute approximate surface area is 315 Å². The first-order valence-corrected chi connectivity index (χ1v) is 18.4. The Kier molecular flexibility index (Phi) is 11.7. The van der Waals surface area contributed by atoms with Crippen molar-refractivity contribution < 1.29 is 29.2 Å². The average molecular weight is 734 g/mol. The van der Waals surface area contributed by atoms with Gasteiger partial charge >= 0.3 is 6.03 Å². The van der Waals surface area contributed by atoms with E-state index in [4.69, 9.17) is 25.8 Å².